The van der Waals surface area contributed by atoms with Crippen LogP contribution < -0.4 is 16.1 Å². The number of esters is 1. The zero-order valence-electron chi connectivity index (χ0n) is 14.9. The topological polar surface area (TPSA) is 96.8 Å². The molecule has 12 heteroatoms. The maximum absolute atomic E-state index is 12.6. The highest BCUT2D eigenvalue weighted by Crippen LogP contribution is 2.34. The molecule has 0 N–H and O–H groups in total. The molecule has 0 saturated carbocycles. The molecule has 1 aliphatic heterocycles. The second-order valence-corrected chi connectivity index (χ2v) is 7.42. The highest BCUT2D eigenvalue weighted by atomic mass is 35.5. The monoisotopic (exact) mass is 444 g/mol. The van der Waals surface area contributed by atoms with E-state index in [0.717, 1.165) is 13.7 Å². The number of ether oxygens (including phenoxy) is 1. The van der Waals surface area contributed by atoms with E-state index < -0.39 is 22.9 Å². The lowest BCUT2D eigenvalue weighted by molar-refractivity contribution is -0.157. The van der Waals surface area contributed by atoms with Crippen molar-refractivity contribution in [3.05, 3.63) is 47.9 Å². The van der Waals surface area contributed by atoms with Crippen LogP contribution in [0.25, 0.3) is 5.69 Å². The third kappa shape index (κ3) is 3.27. The molecule has 0 aliphatic carbocycles. The first kappa shape index (κ1) is 20.3. The largest absolute Gasteiger partial charge is 0.422 e. The van der Waals surface area contributed by atoms with Crippen LogP contribution in [0.1, 0.15) is 13.3 Å². The van der Waals surface area contributed by atoms with Crippen molar-refractivity contribution < 1.29 is 14.4 Å². The first-order valence-corrected chi connectivity index (χ1v) is 9.04. The number of carbonyl (C=O) groups excluding carboxylic acids is 1. The molecule has 28 heavy (non-hydrogen) atoms. The molecule has 0 spiro atoms. The summed E-state index contributed by atoms with van der Waals surface area (Å²) >= 11 is 17.4. The van der Waals surface area contributed by atoms with Gasteiger partial charge < -0.3 is 9.57 Å². The summed E-state index contributed by atoms with van der Waals surface area (Å²) in [5.74, 6) is -0.839. The number of benzene rings is 1. The average molecular weight is 445 g/mol. The molecule has 1 aromatic heterocycles. The SMILES string of the molecule is Cn1c(=S)n(C)c(=O)n(-c2cc(OC(=O)C3(C)CC=NO3)c(Cl)cc2Cl)c1=O. The standard InChI is InChI=1S/C16H14Cl2N4O5S/c1-16(4-5-19-27-16)12(23)26-11-7-10(8(17)6-9(11)18)22-13(24)20(2)15(28)21(3)14(22)25/h5-7H,4H2,1-3H3. The Bertz CT molecular complexity index is 1150. The molecule has 1 aliphatic rings. The van der Waals surface area contributed by atoms with Crippen molar-refractivity contribution in [2.75, 3.05) is 0 Å². The Morgan fingerprint density at radius 2 is 1.82 bits per heavy atom. The maximum Gasteiger partial charge on any atom is 0.358 e. The van der Waals surface area contributed by atoms with E-state index in [-0.39, 0.29) is 32.7 Å². The van der Waals surface area contributed by atoms with Crippen molar-refractivity contribution in [1.82, 2.24) is 13.7 Å². The van der Waals surface area contributed by atoms with Crippen molar-refractivity contribution in [3.8, 4) is 11.4 Å². The van der Waals surface area contributed by atoms with Crippen molar-refractivity contribution in [3.63, 3.8) is 0 Å². The van der Waals surface area contributed by atoms with Crippen LogP contribution in [0.15, 0.2) is 26.9 Å². The van der Waals surface area contributed by atoms with Crippen LogP contribution >= 0.6 is 35.4 Å². The van der Waals surface area contributed by atoms with Gasteiger partial charge in [0, 0.05) is 32.8 Å². The zero-order valence-corrected chi connectivity index (χ0v) is 17.3. The van der Waals surface area contributed by atoms with Crippen LogP contribution in [0.2, 0.25) is 10.0 Å². The van der Waals surface area contributed by atoms with Gasteiger partial charge in [0.1, 0.15) is 0 Å². The van der Waals surface area contributed by atoms with Crippen molar-refractivity contribution in [2.24, 2.45) is 19.3 Å². The molecule has 9 nitrogen and oxygen atoms in total. The lowest BCUT2D eigenvalue weighted by Gasteiger charge is -2.20. The van der Waals surface area contributed by atoms with Crippen LogP contribution in [0.3, 0.4) is 0 Å². The number of hydrogen-bond donors (Lipinski definition) is 0. The van der Waals surface area contributed by atoms with E-state index in [2.05, 4.69) is 5.16 Å². The lowest BCUT2D eigenvalue weighted by Crippen LogP contribution is -2.43. The van der Waals surface area contributed by atoms with Crippen molar-refractivity contribution >= 4 is 47.6 Å². The number of halogens is 2. The van der Waals surface area contributed by atoms with Crippen molar-refractivity contribution in [2.45, 2.75) is 18.9 Å². The van der Waals surface area contributed by atoms with E-state index >= 15 is 0 Å². The van der Waals surface area contributed by atoms with Gasteiger partial charge in [-0.2, -0.15) is 0 Å². The molecule has 0 amide bonds. The second-order valence-electron chi connectivity index (χ2n) is 6.24. The molecule has 3 rings (SSSR count). The summed E-state index contributed by atoms with van der Waals surface area (Å²) in [5, 5.41) is 3.59. The number of oxime groups is 1. The molecule has 2 aromatic rings. The third-order valence-electron chi connectivity index (χ3n) is 4.22. The van der Waals surface area contributed by atoms with Crippen LogP contribution in [0.4, 0.5) is 0 Å². The molecule has 0 radical (unpaired) electrons. The Morgan fingerprint density at radius 1 is 1.21 bits per heavy atom. The van der Waals surface area contributed by atoms with Gasteiger partial charge in [-0.05, 0) is 25.2 Å². The molecule has 0 saturated heterocycles. The Kier molecular flexibility index (Phi) is 5.22. The van der Waals surface area contributed by atoms with E-state index in [1.54, 1.807) is 0 Å². The van der Waals surface area contributed by atoms with Gasteiger partial charge in [-0.15, -0.1) is 0 Å². The Hall–Kier alpha value is -2.43. The minimum absolute atomic E-state index is 0.00720. The minimum Gasteiger partial charge on any atom is -0.422 e. The normalized spacial score (nSPS) is 18.2. The molecular formula is C16H14Cl2N4O5S. The summed E-state index contributed by atoms with van der Waals surface area (Å²) in [7, 11) is 2.84. The highest BCUT2D eigenvalue weighted by Gasteiger charge is 2.40. The Balaban J connectivity index is 2.14. The van der Waals surface area contributed by atoms with Gasteiger partial charge in [0.15, 0.2) is 10.5 Å². The lowest BCUT2D eigenvalue weighted by atomic mass is 10.0. The summed E-state index contributed by atoms with van der Waals surface area (Å²) in [5.41, 5.74) is -2.74. The van der Waals surface area contributed by atoms with E-state index in [1.807, 2.05) is 0 Å². The van der Waals surface area contributed by atoms with Gasteiger partial charge in [0.25, 0.3) is 0 Å². The molecule has 0 fully saturated rings. The number of nitrogens with zero attached hydrogens (tertiary/aromatic N) is 4. The van der Waals surface area contributed by atoms with Crippen LogP contribution in [-0.2, 0) is 23.7 Å². The van der Waals surface area contributed by atoms with Gasteiger partial charge in [-0.1, -0.05) is 28.4 Å². The van der Waals surface area contributed by atoms with Gasteiger partial charge >= 0.3 is 17.3 Å². The fourth-order valence-electron chi connectivity index (χ4n) is 2.48. The van der Waals surface area contributed by atoms with Gasteiger partial charge in [0.2, 0.25) is 5.60 Å². The smallest absolute Gasteiger partial charge is 0.358 e. The van der Waals surface area contributed by atoms with Crippen LogP contribution in [-0.4, -0.2) is 31.5 Å². The summed E-state index contributed by atoms with van der Waals surface area (Å²) in [6, 6.07) is 2.50. The zero-order chi connectivity index (χ0) is 20.8. The van der Waals surface area contributed by atoms with E-state index in [4.69, 9.17) is 45.0 Å². The predicted molar refractivity (Wildman–Crippen MR) is 105 cm³/mol. The summed E-state index contributed by atoms with van der Waals surface area (Å²) in [6.07, 6.45) is 1.66. The van der Waals surface area contributed by atoms with Gasteiger partial charge in [0.05, 0.1) is 15.7 Å². The number of aromatic nitrogens is 3. The summed E-state index contributed by atoms with van der Waals surface area (Å²) in [4.78, 5) is 42.7. The molecular weight excluding hydrogens is 431 g/mol. The number of rotatable bonds is 3. The fourth-order valence-corrected chi connectivity index (χ4v) is 3.14. The summed E-state index contributed by atoms with van der Waals surface area (Å²) < 4.78 is 8.39. The number of carbonyl (C=O) groups is 1. The highest BCUT2D eigenvalue weighted by molar-refractivity contribution is 7.71. The molecule has 148 valence electrons. The first-order valence-electron chi connectivity index (χ1n) is 7.87. The maximum atomic E-state index is 12.6. The fraction of sp³-hybridized carbons (Fsp3) is 0.312. The molecule has 1 unspecified atom stereocenters. The first-order chi connectivity index (χ1) is 13.1. The molecule has 0 bridgehead atoms. The molecule has 1 atom stereocenters. The Morgan fingerprint density at radius 3 is 2.36 bits per heavy atom. The van der Waals surface area contributed by atoms with Gasteiger partial charge in [-0.25, -0.2) is 19.0 Å². The van der Waals surface area contributed by atoms with Gasteiger partial charge in [-0.3, -0.25) is 9.13 Å². The van der Waals surface area contributed by atoms with E-state index in [0.29, 0.717) is 0 Å². The van der Waals surface area contributed by atoms with E-state index in [1.165, 1.54) is 39.4 Å². The molecule has 1 aromatic carbocycles. The third-order valence-corrected chi connectivity index (χ3v) is 5.36. The van der Waals surface area contributed by atoms with Crippen LogP contribution in [0.5, 0.6) is 5.75 Å². The minimum atomic E-state index is -1.30. The van der Waals surface area contributed by atoms with E-state index in [9.17, 15) is 14.4 Å². The average Bonchev–Trinajstić information content (AvgIpc) is 3.10. The quantitative estimate of drug-likeness (QED) is 0.407. The Labute approximate surface area is 173 Å². The number of hydrogen-bond acceptors (Lipinski definition) is 7. The van der Waals surface area contributed by atoms with Crippen LogP contribution in [0, 0.1) is 4.77 Å². The van der Waals surface area contributed by atoms with Crippen molar-refractivity contribution in [1.29, 1.82) is 0 Å². The summed E-state index contributed by atoms with van der Waals surface area (Å²) in [6.45, 7) is 1.51. The predicted octanol–water partition coefficient (Wildman–Crippen LogP) is 1.98. The second kappa shape index (κ2) is 7.19. The molecule has 2 heterocycles.